The topological polar surface area (TPSA) is 58.6 Å². The second-order valence-electron chi connectivity index (χ2n) is 10.3. The Morgan fingerprint density at radius 2 is 1.44 bits per heavy atom. The van der Waals surface area contributed by atoms with Crippen molar-refractivity contribution in [1.82, 2.24) is 10.2 Å². The van der Waals surface area contributed by atoms with Crippen LogP contribution in [-0.4, -0.2) is 62.4 Å². The van der Waals surface area contributed by atoms with E-state index in [9.17, 15) is 9.59 Å². The minimum absolute atomic E-state index is 0.0959. The molecule has 2 aromatic carbocycles. The van der Waals surface area contributed by atoms with E-state index in [2.05, 4.69) is 34.5 Å². The molecule has 2 heterocycles. The normalized spacial score (nSPS) is 28.6. The van der Waals surface area contributed by atoms with Gasteiger partial charge in [0.2, 0.25) is 0 Å². The first-order chi connectivity index (χ1) is 17.7. The average molecular weight is 485 g/mol. The van der Waals surface area contributed by atoms with Gasteiger partial charge in [0.05, 0.1) is 13.2 Å². The van der Waals surface area contributed by atoms with Gasteiger partial charge in [-0.1, -0.05) is 85.0 Å². The standard InChI is InChI=1S/C31H36N2O3/c34-29(24-10-4-1-5-11-24)26-22-32-23-27(30(35)25-12-6-2-7-13-25)28(26)31(14-8-3-9-15-31)16-17-33-18-20-36-21-19-33/h1-14,26-28,32H,15-23H2. The molecule has 188 valence electrons. The summed E-state index contributed by atoms with van der Waals surface area (Å²) in [6, 6.07) is 19.2. The van der Waals surface area contributed by atoms with Crippen LogP contribution in [0, 0.1) is 23.2 Å². The van der Waals surface area contributed by atoms with Crippen LogP contribution in [0.2, 0.25) is 0 Å². The van der Waals surface area contributed by atoms with Crippen molar-refractivity contribution in [2.75, 3.05) is 45.9 Å². The van der Waals surface area contributed by atoms with Gasteiger partial charge in [-0.25, -0.2) is 0 Å². The van der Waals surface area contributed by atoms with Gasteiger partial charge in [-0.05, 0) is 30.7 Å². The summed E-state index contributed by atoms with van der Waals surface area (Å²) in [7, 11) is 0. The zero-order chi connectivity index (χ0) is 24.8. The fourth-order valence-electron chi connectivity index (χ4n) is 6.35. The number of ketones is 2. The molecule has 0 radical (unpaired) electrons. The number of hydrogen-bond acceptors (Lipinski definition) is 5. The van der Waals surface area contributed by atoms with E-state index in [0.717, 1.165) is 56.8 Å². The number of allylic oxidation sites excluding steroid dienone is 4. The Bertz CT molecular complexity index is 1030. The van der Waals surface area contributed by atoms with Crippen molar-refractivity contribution in [2.24, 2.45) is 23.2 Å². The molecular formula is C31H36N2O3. The first-order valence-corrected chi connectivity index (χ1v) is 13.2. The van der Waals surface area contributed by atoms with Crippen LogP contribution in [0.1, 0.15) is 33.6 Å². The highest BCUT2D eigenvalue weighted by atomic mass is 16.5. The molecule has 2 fully saturated rings. The molecule has 1 N–H and O–H groups in total. The molecule has 0 bridgehead atoms. The molecule has 36 heavy (non-hydrogen) atoms. The number of morpholine rings is 1. The summed E-state index contributed by atoms with van der Waals surface area (Å²) >= 11 is 0. The second-order valence-corrected chi connectivity index (χ2v) is 10.3. The van der Waals surface area contributed by atoms with Crippen LogP contribution < -0.4 is 5.32 Å². The lowest BCUT2D eigenvalue weighted by Crippen LogP contribution is -2.56. The van der Waals surface area contributed by atoms with Crippen LogP contribution in [0.5, 0.6) is 0 Å². The van der Waals surface area contributed by atoms with E-state index in [1.165, 1.54) is 0 Å². The molecule has 2 aliphatic heterocycles. The van der Waals surface area contributed by atoms with Gasteiger partial charge in [0, 0.05) is 49.1 Å². The second kappa shape index (κ2) is 11.5. The van der Waals surface area contributed by atoms with Gasteiger partial charge < -0.3 is 10.1 Å². The summed E-state index contributed by atoms with van der Waals surface area (Å²) in [5, 5.41) is 3.47. The monoisotopic (exact) mass is 484 g/mol. The average Bonchev–Trinajstić information content (AvgIpc) is 2.97. The van der Waals surface area contributed by atoms with Gasteiger partial charge in [-0.2, -0.15) is 0 Å². The number of nitrogens with one attached hydrogen (secondary N) is 1. The summed E-state index contributed by atoms with van der Waals surface area (Å²) in [5.74, 6) is -0.388. The van der Waals surface area contributed by atoms with Crippen molar-refractivity contribution in [3.63, 3.8) is 0 Å². The Labute approximate surface area is 214 Å². The van der Waals surface area contributed by atoms with E-state index in [4.69, 9.17) is 4.74 Å². The SMILES string of the molecule is O=C(c1ccccc1)C1CNCC(C(=O)c2ccccc2)C1C1(CCN2CCOCC2)C=CC=CC1. The molecule has 3 unspecified atom stereocenters. The molecular weight excluding hydrogens is 448 g/mol. The largest absolute Gasteiger partial charge is 0.379 e. The number of ether oxygens (including phenoxy) is 1. The number of carbonyl (C=O) groups is 2. The van der Waals surface area contributed by atoms with E-state index in [-0.39, 0.29) is 34.7 Å². The van der Waals surface area contributed by atoms with E-state index < -0.39 is 0 Å². The van der Waals surface area contributed by atoms with Gasteiger partial charge in [0.25, 0.3) is 0 Å². The van der Waals surface area contributed by atoms with Gasteiger partial charge in [-0.15, -0.1) is 0 Å². The van der Waals surface area contributed by atoms with Crippen LogP contribution in [-0.2, 0) is 4.74 Å². The molecule has 0 amide bonds. The summed E-state index contributed by atoms with van der Waals surface area (Å²) < 4.78 is 5.56. The number of hydrogen-bond donors (Lipinski definition) is 1. The highest BCUT2D eigenvalue weighted by molar-refractivity contribution is 6.01. The van der Waals surface area contributed by atoms with Gasteiger partial charge in [0.15, 0.2) is 11.6 Å². The van der Waals surface area contributed by atoms with E-state index in [0.29, 0.717) is 13.1 Å². The molecule has 0 saturated carbocycles. The Kier molecular flexibility index (Phi) is 7.90. The van der Waals surface area contributed by atoms with Crippen molar-refractivity contribution in [2.45, 2.75) is 12.8 Å². The third kappa shape index (κ3) is 5.29. The van der Waals surface area contributed by atoms with Crippen LogP contribution >= 0.6 is 0 Å². The Morgan fingerprint density at radius 3 is 1.97 bits per heavy atom. The van der Waals surface area contributed by atoms with Crippen molar-refractivity contribution >= 4 is 11.6 Å². The highest BCUT2D eigenvalue weighted by Gasteiger charge is 2.51. The molecule has 0 aromatic heterocycles. The van der Waals surface area contributed by atoms with Crippen molar-refractivity contribution in [3.8, 4) is 0 Å². The van der Waals surface area contributed by atoms with Crippen LogP contribution in [0.3, 0.4) is 0 Å². The summed E-state index contributed by atoms with van der Waals surface area (Å²) in [6.45, 7) is 5.51. The van der Waals surface area contributed by atoms with Crippen molar-refractivity contribution in [3.05, 3.63) is 96.1 Å². The third-order valence-electron chi connectivity index (χ3n) is 8.22. The number of carbonyl (C=O) groups excluding carboxylic acids is 2. The Balaban J connectivity index is 1.53. The number of nitrogens with zero attached hydrogens (tertiary/aromatic N) is 1. The molecule has 3 aliphatic rings. The minimum Gasteiger partial charge on any atom is -0.379 e. The zero-order valence-corrected chi connectivity index (χ0v) is 20.9. The predicted molar refractivity (Wildman–Crippen MR) is 142 cm³/mol. The van der Waals surface area contributed by atoms with Crippen molar-refractivity contribution < 1.29 is 14.3 Å². The maximum absolute atomic E-state index is 14.0. The molecule has 2 saturated heterocycles. The van der Waals surface area contributed by atoms with E-state index >= 15 is 0 Å². The maximum Gasteiger partial charge on any atom is 0.167 e. The number of benzene rings is 2. The maximum atomic E-state index is 14.0. The van der Waals surface area contributed by atoms with Crippen LogP contribution in [0.4, 0.5) is 0 Å². The van der Waals surface area contributed by atoms with Gasteiger partial charge in [0.1, 0.15) is 0 Å². The molecule has 0 spiro atoms. The van der Waals surface area contributed by atoms with Crippen molar-refractivity contribution in [1.29, 1.82) is 0 Å². The quantitative estimate of drug-likeness (QED) is 0.562. The smallest absolute Gasteiger partial charge is 0.167 e. The number of Topliss-reactive ketones (excluding diaryl/α,β-unsaturated/α-hetero) is 2. The first-order valence-electron chi connectivity index (χ1n) is 13.2. The highest BCUT2D eigenvalue weighted by Crippen LogP contribution is 2.49. The zero-order valence-electron chi connectivity index (χ0n) is 20.9. The molecule has 5 nitrogen and oxygen atoms in total. The number of rotatable bonds is 8. The molecule has 5 rings (SSSR count). The summed E-state index contributed by atoms with van der Waals surface area (Å²) in [5.41, 5.74) is 1.18. The molecule has 5 heteroatoms. The van der Waals surface area contributed by atoms with Gasteiger partial charge in [-0.3, -0.25) is 14.5 Å². The van der Waals surface area contributed by atoms with Crippen LogP contribution in [0.25, 0.3) is 0 Å². The van der Waals surface area contributed by atoms with E-state index in [1.807, 2.05) is 60.7 Å². The molecule has 2 aromatic rings. The minimum atomic E-state index is -0.278. The predicted octanol–water partition coefficient (Wildman–Crippen LogP) is 4.43. The van der Waals surface area contributed by atoms with E-state index in [1.54, 1.807) is 0 Å². The lowest BCUT2D eigenvalue weighted by Gasteiger charge is -2.49. The summed E-state index contributed by atoms with van der Waals surface area (Å²) in [4.78, 5) is 30.4. The first kappa shape index (κ1) is 24.8. The lowest BCUT2D eigenvalue weighted by atomic mass is 9.56. The van der Waals surface area contributed by atoms with Crippen LogP contribution in [0.15, 0.2) is 85.0 Å². The number of piperidine rings is 1. The fraction of sp³-hybridized carbons (Fsp3) is 0.419. The molecule has 3 atom stereocenters. The molecule has 1 aliphatic carbocycles. The Morgan fingerprint density at radius 1 is 0.861 bits per heavy atom. The summed E-state index contributed by atoms with van der Waals surface area (Å²) in [6.07, 6.45) is 10.5. The van der Waals surface area contributed by atoms with Gasteiger partial charge >= 0.3 is 0 Å². The lowest BCUT2D eigenvalue weighted by molar-refractivity contribution is 0.0148. The fourth-order valence-corrected chi connectivity index (χ4v) is 6.35. The Hall–Kier alpha value is -2.86. The third-order valence-corrected chi connectivity index (χ3v) is 8.22.